The summed E-state index contributed by atoms with van der Waals surface area (Å²) in [7, 11) is 0. The van der Waals surface area contributed by atoms with Crippen LogP contribution in [0.25, 0.3) is 27.3 Å². The topological polar surface area (TPSA) is 48.8 Å². The van der Waals surface area contributed by atoms with Crippen LogP contribution in [0.2, 0.25) is 10.0 Å². The molecule has 3 nitrogen and oxygen atoms in total. The molecule has 3 rings (SSSR count). The lowest BCUT2D eigenvalue weighted by molar-refractivity contribution is 0.532. The summed E-state index contributed by atoms with van der Waals surface area (Å²) in [4.78, 5) is 2.97. The SMILES string of the molecule is C[C@H](N=[N+]=[N-])[C@H](C=Cc1ccc2ccccc2c1)Cc1ccc(Cl)c(Cl)c1. The zero-order chi connectivity index (χ0) is 19.2. The van der Waals surface area contributed by atoms with Crippen LogP contribution in [0.4, 0.5) is 0 Å². The van der Waals surface area contributed by atoms with Crippen molar-refractivity contribution in [3.63, 3.8) is 0 Å². The Morgan fingerprint density at radius 1 is 1.00 bits per heavy atom. The first-order valence-electron chi connectivity index (χ1n) is 8.72. The first kappa shape index (κ1) is 19.3. The minimum atomic E-state index is -0.179. The van der Waals surface area contributed by atoms with Gasteiger partial charge >= 0.3 is 0 Å². The number of hydrogen-bond acceptors (Lipinski definition) is 1. The van der Waals surface area contributed by atoms with Crippen LogP contribution in [0.5, 0.6) is 0 Å². The molecule has 0 aliphatic rings. The lowest BCUT2D eigenvalue weighted by Gasteiger charge is -2.17. The van der Waals surface area contributed by atoms with Crippen LogP contribution in [0.3, 0.4) is 0 Å². The van der Waals surface area contributed by atoms with E-state index in [0.29, 0.717) is 16.5 Å². The minimum absolute atomic E-state index is 0.0459. The predicted molar refractivity (Wildman–Crippen MR) is 115 cm³/mol. The molecule has 2 atom stereocenters. The van der Waals surface area contributed by atoms with Gasteiger partial charge in [-0.15, -0.1) is 0 Å². The maximum atomic E-state index is 8.83. The first-order chi connectivity index (χ1) is 13.1. The van der Waals surface area contributed by atoms with Gasteiger partial charge in [-0.25, -0.2) is 0 Å². The van der Waals surface area contributed by atoms with Crippen LogP contribution in [0.15, 0.2) is 71.9 Å². The number of rotatable bonds is 6. The molecule has 0 amide bonds. The summed E-state index contributed by atoms with van der Waals surface area (Å²) in [6.07, 6.45) is 4.89. The van der Waals surface area contributed by atoms with Crippen molar-refractivity contribution in [2.24, 2.45) is 11.0 Å². The van der Waals surface area contributed by atoms with E-state index < -0.39 is 0 Å². The summed E-state index contributed by atoms with van der Waals surface area (Å²) in [5.74, 6) is 0.0459. The Kier molecular flexibility index (Phi) is 6.41. The van der Waals surface area contributed by atoms with E-state index in [2.05, 4.69) is 52.5 Å². The van der Waals surface area contributed by atoms with Gasteiger partial charge in [-0.1, -0.05) is 89.9 Å². The van der Waals surface area contributed by atoms with Crippen LogP contribution in [-0.4, -0.2) is 6.04 Å². The molecule has 136 valence electrons. The molecular formula is C22H19Cl2N3. The van der Waals surface area contributed by atoms with Crippen molar-refractivity contribution < 1.29 is 0 Å². The van der Waals surface area contributed by atoms with Gasteiger partial charge in [-0.05, 0) is 58.0 Å². The molecule has 0 heterocycles. The zero-order valence-electron chi connectivity index (χ0n) is 14.9. The molecule has 0 radical (unpaired) electrons. The summed E-state index contributed by atoms with van der Waals surface area (Å²) in [5.41, 5.74) is 11.0. The number of halogens is 2. The van der Waals surface area contributed by atoms with Crippen molar-refractivity contribution in [3.05, 3.63) is 98.4 Å². The second-order valence-corrected chi connectivity index (χ2v) is 7.34. The molecule has 0 aromatic heterocycles. The van der Waals surface area contributed by atoms with Gasteiger partial charge in [0.2, 0.25) is 0 Å². The largest absolute Gasteiger partial charge is 0.0903 e. The molecule has 0 saturated heterocycles. The molecule has 0 aliphatic heterocycles. The van der Waals surface area contributed by atoms with Gasteiger partial charge in [0.15, 0.2) is 0 Å². The maximum absolute atomic E-state index is 8.83. The summed E-state index contributed by atoms with van der Waals surface area (Å²) in [6, 6.07) is 20.1. The third-order valence-electron chi connectivity index (χ3n) is 4.62. The van der Waals surface area contributed by atoms with E-state index in [1.165, 1.54) is 10.8 Å². The van der Waals surface area contributed by atoms with E-state index in [9.17, 15) is 0 Å². The molecule has 0 bridgehead atoms. The van der Waals surface area contributed by atoms with Crippen molar-refractivity contribution in [1.82, 2.24) is 0 Å². The van der Waals surface area contributed by atoms with E-state index in [1.54, 1.807) is 6.07 Å². The first-order valence-corrected chi connectivity index (χ1v) is 9.47. The van der Waals surface area contributed by atoms with Gasteiger partial charge in [0.25, 0.3) is 0 Å². The van der Waals surface area contributed by atoms with E-state index in [1.807, 2.05) is 31.2 Å². The highest BCUT2D eigenvalue weighted by molar-refractivity contribution is 6.42. The van der Waals surface area contributed by atoms with Gasteiger partial charge < -0.3 is 0 Å². The number of benzene rings is 3. The van der Waals surface area contributed by atoms with Crippen molar-refractivity contribution in [2.45, 2.75) is 19.4 Å². The van der Waals surface area contributed by atoms with Crippen molar-refractivity contribution in [3.8, 4) is 0 Å². The fraction of sp³-hybridized carbons (Fsp3) is 0.182. The van der Waals surface area contributed by atoms with Crippen LogP contribution in [-0.2, 0) is 6.42 Å². The molecule has 0 saturated carbocycles. The highest BCUT2D eigenvalue weighted by Gasteiger charge is 2.14. The fourth-order valence-corrected chi connectivity index (χ4v) is 3.37. The normalized spacial score (nSPS) is 13.4. The van der Waals surface area contributed by atoms with Crippen molar-refractivity contribution >= 4 is 40.1 Å². The maximum Gasteiger partial charge on any atom is 0.0595 e. The molecule has 0 unspecified atom stereocenters. The number of azide groups is 1. The average molecular weight is 396 g/mol. The fourth-order valence-electron chi connectivity index (χ4n) is 3.05. The van der Waals surface area contributed by atoms with Crippen LogP contribution >= 0.6 is 23.2 Å². The highest BCUT2D eigenvalue weighted by Crippen LogP contribution is 2.26. The van der Waals surface area contributed by atoms with Crippen LogP contribution in [0.1, 0.15) is 18.1 Å². The molecule has 3 aromatic carbocycles. The molecule has 0 fully saturated rings. The molecule has 27 heavy (non-hydrogen) atoms. The third-order valence-corrected chi connectivity index (χ3v) is 5.36. The Morgan fingerprint density at radius 2 is 1.78 bits per heavy atom. The lowest BCUT2D eigenvalue weighted by atomic mass is 9.92. The molecule has 0 spiro atoms. The van der Waals surface area contributed by atoms with E-state index in [0.717, 1.165) is 11.1 Å². The molecule has 0 N–H and O–H groups in total. The Labute approximate surface area is 168 Å². The summed E-state index contributed by atoms with van der Waals surface area (Å²) < 4.78 is 0. The highest BCUT2D eigenvalue weighted by atomic mass is 35.5. The third kappa shape index (κ3) is 5.05. The average Bonchev–Trinajstić information content (AvgIpc) is 2.68. The van der Waals surface area contributed by atoms with Crippen molar-refractivity contribution in [1.29, 1.82) is 0 Å². The Hall–Kier alpha value is -2.45. The van der Waals surface area contributed by atoms with E-state index in [-0.39, 0.29) is 12.0 Å². The molecular weight excluding hydrogens is 377 g/mol. The molecule has 3 aromatic rings. The number of nitrogens with zero attached hydrogens (tertiary/aromatic N) is 3. The van der Waals surface area contributed by atoms with Gasteiger partial charge in [0.05, 0.1) is 10.0 Å². The lowest BCUT2D eigenvalue weighted by Crippen LogP contribution is -2.15. The van der Waals surface area contributed by atoms with Crippen LogP contribution in [0, 0.1) is 5.92 Å². The van der Waals surface area contributed by atoms with Gasteiger partial charge in [-0.3, -0.25) is 0 Å². The van der Waals surface area contributed by atoms with Gasteiger partial charge in [0.1, 0.15) is 0 Å². The quantitative estimate of drug-likeness (QED) is 0.233. The van der Waals surface area contributed by atoms with Crippen LogP contribution < -0.4 is 0 Å². The summed E-state index contributed by atoms with van der Waals surface area (Å²) in [5, 5.41) is 7.37. The summed E-state index contributed by atoms with van der Waals surface area (Å²) >= 11 is 12.1. The minimum Gasteiger partial charge on any atom is -0.0903 e. The predicted octanol–water partition coefficient (Wildman–Crippen LogP) is 7.72. The van der Waals surface area contributed by atoms with Gasteiger partial charge in [0, 0.05) is 11.0 Å². The standard InChI is InChI=1S/C22H19Cl2N3/c1-15(26-27-25)19(13-17-8-11-21(23)22(24)14-17)10-7-16-6-9-18-4-2-3-5-20(18)12-16/h2-12,14-15,19H,13H2,1H3/t15-,19+/m0/s1. The van der Waals surface area contributed by atoms with Crippen molar-refractivity contribution in [2.75, 3.05) is 0 Å². The Bertz CT molecular complexity index is 1020. The Balaban J connectivity index is 1.86. The monoisotopic (exact) mass is 395 g/mol. The number of fused-ring (bicyclic) bond motifs is 1. The molecule has 0 aliphatic carbocycles. The second kappa shape index (κ2) is 8.96. The number of hydrogen-bond donors (Lipinski definition) is 0. The zero-order valence-corrected chi connectivity index (χ0v) is 16.4. The van der Waals surface area contributed by atoms with E-state index >= 15 is 0 Å². The Morgan fingerprint density at radius 3 is 2.52 bits per heavy atom. The van der Waals surface area contributed by atoms with Gasteiger partial charge in [-0.2, -0.15) is 0 Å². The summed E-state index contributed by atoms with van der Waals surface area (Å²) in [6.45, 7) is 1.92. The van der Waals surface area contributed by atoms with E-state index in [4.69, 9.17) is 28.7 Å². The molecule has 5 heteroatoms. The smallest absolute Gasteiger partial charge is 0.0595 e. The second-order valence-electron chi connectivity index (χ2n) is 6.53.